The lowest BCUT2D eigenvalue weighted by molar-refractivity contribution is 0.0955. The molecule has 0 fully saturated rings. The van der Waals surface area contributed by atoms with E-state index in [2.05, 4.69) is 15.6 Å². The molecule has 0 atom stereocenters. The molecule has 0 radical (unpaired) electrons. The molecule has 0 aliphatic rings. The number of aromatic nitrogens is 2. The van der Waals surface area contributed by atoms with Crippen LogP contribution in [0, 0.1) is 0 Å². The Morgan fingerprint density at radius 2 is 1.93 bits per heavy atom. The Bertz CT molecular complexity index is 1130. The van der Waals surface area contributed by atoms with Gasteiger partial charge in [0.25, 0.3) is 5.91 Å². The summed E-state index contributed by atoms with van der Waals surface area (Å²) in [6.07, 6.45) is 4.97. The molecule has 4 aromatic rings. The smallest absolute Gasteiger partial charge is 0.271 e. The van der Waals surface area contributed by atoms with Crippen molar-refractivity contribution in [3.8, 4) is 22.9 Å². The fourth-order valence-electron chi connectivity index (χ4n) is 2.89. The van der Waals surface area contributed by atoms with Crippen LogP contribution in [0.3, 0.4) is 0 Å². The van der Waals surface area contributed by atoms with Crippen LogP contribution in [-0.2, 0) is 0 Å². The number of amides is 1. The first-order chi connectivity index (χ1) is 14.7. The lowest BCUT2D eigenvalue weighted by Gasteiger charge is -2.03. The van der Waals surface area contributed by atoms with Gasteiger partial charge in [-0.25, -0.2) is 10.1 Å². The second kappa shape index (κ2) is 8.91. The largest absolute Gasteiger partial charge is 0.494 e. The number of carbonyl (C=O) groups excluding carboxylic acids is 1. The maximum absolute atomic E-state index is 12.3. The van der Waals surface area contributed by atoms with Gasteiger partial charge in [0, 0.05) is 17.3 Å². The van der Waals surface area contributed by atoms with Crippen molar-refractivity contribution in [1.29, 1.82) is 0 Å². The van der Waals surface area contributed by atoms with E-state index in [0.29, 0.717) is 34.9 Å². The standard InChI is InChI=1S/C23H20N4O3/c1-2-29-20-12-10-17(11-13-20)23(28)25-24-15-18-16-27(19-7-4-3-5-8-19)26-22(18)21-9-6-14-30-21/h3-16H,2H2,1H3,(H,25,28)/b24-15-. The lowest BCUT2D eigenvalue weighted by atomic mass is 10.2. The van der Waals surface area contributed by atoms with Crippen LogP contribution in [0.4, 0.5) is 0 Å². The van der Waals surface area contributed by atoms with Crippen molar-refractivity contribution in [2.24, 2.45) is 5.10 Å². The molecule has 2 heterocycles. The number of nitrogens with one attached hydrogen (secondary N) is 1. The molecule has 0 aliphatic heterocycles. The first-order valence-electron chi connectivity index (χ1n) is 9.50. The van der Waals surface area contributed by atoms with E-state index in [-0.39, 0.29) is 5.91 Å². The number of rotatable bonds is 7. The van der Waals surface area contributed by atoms with Crippen molar-refractivity contribution in [2.75, 3.05) is 6.61 Å². The fraction of sp³-hybridized carbons (Fsp3) is 0.0870. The van der Waals surface area contributed by atoms with Gasteiger partial charge in [0.05, 0.1) is 24.8 Å². The number of furan rings is 1. The summed E-state index contributed by atoms with van der Waals surface area (Å²) in [7, 11) is 0. The van der Waals surface area contributed by atoms with Gasteiger partial charge in [-0.2, -0.15) is 10.2 Å². The number of para-hydroxylation sites is 1. The van der Waals surface area contributed by atoms with Crippen molar-refractivity contribution in [1.82, 2.24) is 15.2 Å². The van der Waals surface area contributed by atoms with Gasteiger partial charge in [-0.3, -0.25) is 4.79 Å². The topological polar surface area (TPSA) is 81.6 Å². The van der Waals surface area contributed by atoms with E-state index in [1.807, 2.05) is 49.5 Å². The summed E-state index contributed by atoms with van der Waals surface area (Å²) < 4.78 is 12.6. The van der Waals surface area contributed by atoms with Crippen LogP contribution in [0.5, 0.6) is 5.75 Å². The van der Waals surface area contributed by atoms with Gasteiger partial charge in [0.2, 0.25) is 0 Å². The number of carbonyl (C=O) groups is 1. The minimum absolute atomic E-state index is 0.315. The van der Waals surface area contributed by atoms with Gasteiger partial charge in [-0.1, -0.05) is 18.2 Å². The molecule has 0 unspecified atom stereocenters. The lowest BCUT2D eigenvalue weighted by Crippen LogP contribution is -2.17. The van der Waals surface area contributed by atoms with Gasteiger partial charge in [-0.15, -0.1) is 0 Å². The van der Waals surface area contributed by atoms with Gasteiger partial charge in [0.1, 0.15) is 11.4 Å². The minimum Gasteiger partial charge on any atom is -0.494 e. The van der Waals surface area contributed by atoms with Crippen molar-refractivity contribution < 1.29 is 13.9 Å². The van der Waals surface area contributed by atoms with Gasteiger partial charge >= 0.3 is 0 Å². The summed E-state index contributed by atoms with van der Waals surface area (Å²) in [6.45, 7) is 2.48. The van der Waals surface area contributed by atoms with Crippen molar-refractivity contribution in [2.45, 2.75) is 6.92 Å². The van der Waals surface area contributed by atoms with E-state index < -0.39 is 0 Å². The zero-order valence-electron chi connectivity index (χ0n) is 16.4. The van der Waals surface area contributed by atoms with Crippen LogP contribution in [0.2, 0.25) is 0 Å². The Morgan fingerprint density at radius 1 is 1.13 bits per heavy atom. The fourth-order valence-corrected chi connectivity index (χ4v) is 2.89. The zero-order chi connectivity index (χ0) is 20.8. The Morgan fingerprint density at radius 3 is 2.63 bits per heavy atom. The van der Waals surface area contributed by atoms with E-state index in [9.17, 15) is 4.79 Å². The first kappa shape index (κ1) is 19.2. The molecule has 30 heavy (non-hydrogen) atoms. The summed E-state index contributed by atoms with van der Waals surface area (Å²) >= 11 is 0. The summed E-state index contributed by atoms with van der Waals surface area (Å²) in [6, 6.07) is 20.2. The molecule has 0 aliphatic carbocycles. The predicted octanol–water partition coefficient (Wildman–Crippen LogP) is 4.29. The van der Waals surface area contributed by atoms with E-state index in [4.69, 9.17) is 9.15 Å². The highest BCUT2D eigenvalue weighted by Gasteiger charge is 2.13. The summed E-state index contributed by atoms with van der Waals surface area (Å²) in [5.41, 5.74) is 5.27. The van der Waals surface area contributed by atoms with Crippen molar-refractivity contribution in [3.63, 3.8) is 0 Å². The number of hydrazone groups is 1. The quantitative estimate of drug-likeness (QED) is 0.371. The van der Waals surface area contributed by atoms with Crippen molar-refractivity contribution >= 4 is 12.1 Å². The predicted molar refractivity (Wildman–Crippen MR) is 114 cm³/mol. The van der Waals surface area contributed by atoms with E-state index in [1.165, 1.54) is 0 Å². The molecule has 0 bridgehead atoms. The average molecular weight is 400 g/mol. The minimum atomic E-state index is -0.315. The summed E-state index contributed by atoms with van der Waals surface area (Å²) in [5.74, 6) is 1.02. The second-order valence-electron chi connectivity index (χ2n) is 6.35. The molecule has 0 saturated carbocycles. The monoisotopic (exact) mass is 400 g/mol. The van der Waals surface area contributed by atoms with Crippen LogP contribution < -0.4 is 10.2 Å². The molecule has 0 saturated heterocycles. The molecular weight excluding hydrogens is 380 g/mol. The molecule has 1 amide bonds. The molecule has 7 nitrogen and oxygen atoms in total. The molecule has 150 valence electrons. The highest BCUT2D eigenvalue weighted by molar-refractivity contribution is 5.95. The molecular formula is C23H20N4O3. The third-order valence-electron chi connectivity index (χ3n) is 4.32. The number of nitrogens with zero attached hydrogens (tertiary/aromatic N) is 3. The van der Waals surface area contributed by atoms with Gasteiger partial charge in [-0.05, 0) is 55.5 Å². The highest BCUT2D eigenvalue weighted by Crippen LogP contribution is 2.23. The van der Waals surface area contributed by atoms with E-state index in [0.717, 1.165) is 5.69 Å². The number of hydrogen-bond donors (Lipinski definition) is 1. The zero-order valence-corrected chi connectivity index (χ0v) is 16.4. The Labute approximate surface area is 173 Å². The van der Waals surface area contributed by atoms with Crippen molar-refractivity contribution in [3.05, 3.63) is 90.3 Å². The number of benzene rings is 2. The Hall–Kier alpha value is -4.13. The van der Waals surface area contributed by atoms with Crippen LogP contribution in [0.15, 0.2) is 88.7 Å². The van der Waals surface area contributed by atoms with Crippen LogP contribution in [0.1, 0.15) is 22.8 Å². The van der Waals surface area contributed by atoms with E-state index >= 15 is 0 Å². The molecule has 0 spiro atoms. The first-order valence-corrected chi connectivity index (χ1v) is 9.50. The number of ether oxygens (including phenoxy) is 1. The molecule has 4 rings (SSSR count). The van der Waals surface area contributed by atoms with Crippen LogP contribution in [0.25, 0.3) is 17.1 Å². The third-order valence-corrected chi connectivity index (χ3v) is 4.32. The molecule has 2 aromatic carbocycles. The van der Waals surface area contributed by atoms with Gasteiger partial charge < -0.3 is 9.15 Å². The maximum atomic E-state index is 12.3. The van der Waals surface area contributed by atoms with Crippen LogP contribution >= 0.6 is 0 Å². The average Bonchev–Trinajstić information content (AvgIpc) is 3.45. The summed E-state index contributed by atoms with van der Waals surface area (Å²) in [4.78, 5) is 12.3. The van der Waals surface area contributed by atoms with Crippen LogP contribution in [-0.4, -0.2) is 28.5 Å². The molecule has 2 aromatic heterocycles. The maximum Gasteiger partial charge on any atom is 0.271 e. The van der Waals surface area contributed by atoms with Gasteiger partial charge in [0.15, 0.2) is 5.76 Å². The molecule has 1 N–H and O–H groups in total. The summed E-state index contributed by atoms with van der Waals surface area (Å²) in [5, 5.41) is 8.71. The van der Waals surface area contributed by atoms with E-state index in [1.54, 1.807) is 47.5 Å². The second-order valence-corrected chi connectivity index (χ2v) is 6.35. The highest BCUT2D eigenvalue weighted by atomic mass is 16.5. The third kappa shape index (κ3) is 4.30. The SMILES string of the molecule is CCOc1ccc(C(=O)N/N=C\c2cn(-c3ccccc3)nc2-c2ccco2)cc1. The Kier molecular flexibility index (Phi) is 5.70. The number of hydrogen-bond acceptors (Lipinski definition) is 5. The Balaban J connectivity index is 1.53. The normalized spacial score (nSPS) is 11.0. The molecule has 7 heteroatoms.